The van der Waals surface area contributed by atoms with E-state index in [1.807, 2.05) is 0 Å². The molecule has 20 heavy (non-hydrogen) atoms. The third kappa shape index (κ3) is 3.17. The topological polar surface area (TPSA) is 121 Å². The number of aromatic nitrogens is 4. The van der Waals surface area contributed by atoms with Gasteiger partial charge in [0.15, 0.2) is 5.82 Å². The quantitative estimate of drug-likeness (QED) is 0.689. The molecule has 8 nitrogen and oxygen atoms in total. The van der Waals surface area contributed by atoms with E-state index < -0.39 is 27.3 Å². The number of halogens is 2. The van der Waals surface area contributed by atoms with Gasteiger partial charge in [-0.05, 0) is 12.1 Å². The van der Waals surface area contributed by atoms with Crippen LogP contribution in [0.15, 0.2) is 21.5 Å². The molecule has 1 heterocycles. The maximum atomic E-state index is 14.0. The second-order valence-electron chi connectivity index (χ2n) is 3.69. The molecule has 0 radical (unpaired) electrons. The number of benzene rings is 1. The average molecular weight is 366 g/mol. The molecule has 0 aliphatic rings. The van der Waals surface area contributed by atoms with Gasteiger partial charge in [0, 0.05) is 10.0 Å². The van der Waals surface area contributed by atoms with Crippen molar-refractivity contribution in [2.75, 3.05) is 0 Å². The van der Waals surface area contributed by atoms with Crippen LogP contribution in [0.2, 0.25) is 0 Å². The van der Waals surface area contributed by atoms with Crippen molar-refractivity contribution >= 4 is 26.0 Å². The Labute approximate surface area is 121 Å². The summed E-state index contributed by atoms with van der Waals surface area (Å²) in [5.41, 5.74) is -0.126. The molecule has 0 unspecified atom stereocenters. The van der Waals surface area contributed by atoms with Gasteiger partial charge in [0.2, 0.25) is 10.0 Å². The van der Waals surface area contributed by atoms with E-state index in [4.69, 9.17) is 5.11 Å². The lowest BCUT2D eigenvalue weighted by Gasteiger charge is -2.09. The zero-order valence-electron chi connectivity index (χ0n) is 9.84. The molecule has 2 rings (SSSR count). The lowest BCUT2D eigenvalue weighted by molar-refractivity contribution is 0.274. The Morgan fingerprint density at radius 2 is 2.20 bits per heavy atom. The van der Waals surface area contributed by atoms with Gasteiger partial charge >= 0.3 is 0 Å². The first-order valence-electron chi connectivity index (χ1n) is 5.25. The Morgan fingerprint density at radius 1 is 1.45 bits per heavy atom. The lowest BCUT2D eigenvalue weighted by Crippen LogP contribution is -2.25. The molecule has 108 valence electrons. The number of aliphatic hydroxyl groups is 1. The number of aromatic amines is 1. The van der Waals surface area contributed by atoms with Crippen LogP contribution in [0, 0.1) is 5.82 Å². The van der Waals surface area contributed by atoms with Crippen molar-refractivity contribution in [3.8, 4) is 0 Å². The number of H-pyrrole nitrogens is 1. The fourth-order valence-electron chi connectivity index (χ4n) is 1.42. The molecule has 0 aliphatic heterocycles. The Balaban J connectivity index is 2.31. The maximum Gasteiger partial charge on any atom is 0.243 e. The van der Waals surface area contributed by atoms with Crippen LogP contribution < -0.4 is 4.72 Å². The highest BCUT2D eigenvalue weighted by Crippen LogP contribution is 2.24. The SMILES string of the molecule is O=S(=O)(NCc1nn[nH]n1)c1cc(Br)cc(CO)c1F. The fraction of sp³-hybridized carbons (Fsp3) is 0.222. The van der Waals surface area contributed by atoms with Gasteiger partial charge in [0.05, 0.1) is 13.2 Å². The number of hydrogen-bond donors (Lipinski definition) is 3. The van der Waals surface area contributed by atoms with E-state index in [9.17, 15) is 12.8 Å². The summed E-state index contributed by atoms with van der Waals surface area (Å²) in [4.78, 5) is -0.570. The first-order valence-corrected chi connectivity index (χ1v) is 7.52. The van der Waals surface area contributed by atoms with Gasteiger partial charge in [-0.2, -0.15) is 5.21 Å². The zero-order valence-corrected chi connectivity index (χ0v) is 12.2. The predicted molar refractivity (Wildman–Crippen MR) is 68.2 cm³/mol. The fourth-order valence-corrected chi connectivity index (χ4v) is 3.20. The summed E-state index contributed by atoms with van der Waals surface area (Å²) in [6.45, 7) is -0.849. The molecule has 0 aliphatic carbocycles. The highest BCUT2D eigenvalue weighted by atomic mass is 79.9. The van der Waals surface area contributed by atoms with Gasteiger partial charge in [0.25, 0.3) is 0 Å². The summed E-state index contributed by atoms with van der Waals surface area (Å²) >= 11 is 3.06. The number of rotatable bonds is 5. The molecule has 0 saturated carbocycles. The van der Waals surface area contributed by atoms with E-state index in [1.165, 1.54) is 6.07 Å². The van der Waals surface area contributed by atoms with Gasteiger partial charge in [-0.3, -0.25) is 0 Å². The number of aliphatic hydroxyl groups excluding tert-OH is 1. The molecule has 0 spiro atoms. The number of nitrogens with zero attached hydrogens (tertiary/aromatic N) is 3. The van der Waals surface area contributed by atoms with Crippen LogP contribution in [0.4, 0.5) is 4.39 Å². The van der Waals surface area contributed by atoms with Crippen molar-refractivity contribution in [2.45, 2.75) is 18.0 Å². The van der Waals surface area contributed by atoms with Gasteiger partial charge in [-0.25, -0.2) is 17.5 Å². The van der Waals surface area contributed by atoms with Crippen LogP contribution >= 0.6 is 15.9 Å². The summed E-state index contributed by atoms with van der Waals surface area (Å²) in [5, 5.41) is 21.6. The average Bonchev–Trinajstić information content (AvgIpc) is 2.92. The van der Waals surface area contributed by atoms with E-state index in [0.29, 0.717) is 4.47 Å². The largest absolute Gasteiger partial charge is 0.392 e. The minimum Gasteiger partial charge on any atom is -0.392 e. The summed E-state index contributed by atoms with van der Waals surface area (Å²) in [6.07, 6.45) is 0. The van der Waals surface area contributed by atoms with Crippen LogP contribution in [0.25, 0.3) is 0 Å². The molecule has 0 amide bonds. The molecule has 11 heteroatoms. The third-order valence-electron chi connectivity index (χ3n) is 2.35. The summed E-state index contributed by atoms with van der Waals surface area (Å²) in [6, 6.07) is 2.40. The first-order chi connectivity index (χ1) is 9.44. The van der Waals surface area contributed by atoms with Crippen molar-refractivity contribution in [1.29, 1.82) is 0 Å². The number of hydrogen-bond acceptors (Lipinski definition) is 6. The van der Waals surface area contributed by atoms with Crippen LogP contribution in [-0.2, 0) is 23.2 Å². The van der Waals surface area contributed by atoms with Gasteiger partial charge in [-0.1, -0.05) is 21.1 Å². The molecule has 2 aromatic rings. The van der Waals surface area contributed by atoms with Crippen LogP contribution in [0.3, 0.4) is 0 Å². The molecular formula is C9H9BrFN5O3S. The van der Waals surface area contributed by atoms with Gasteiger partial charge in [0.1, 0.15) is 10.7 Å². The van der Waals surface area contributed by atoms with E-state index >= 15 is 0 Å². The molecule has 0 bridgehead atoms. The normalized spacial score (nSPS) is 11.8. The van der Waals surface area contributed by atoms with Gasteiger partial charge < -0.3 is 5.11 Å². The van der Waals surface area contributed by atoms with Crippen LogP contribution in [0.5, 0.6) is 0 Å². The molecule has 3 N–H and O–H groups in total. The minimum absolute atomic E-state index is 0.117. The molecule has 0 atom stereocenters. The first kappa shape index (κ1) is 15.0. The number of sulfonamides is 1. The zero-order chi connectivity index (χ0) is 14.8. The molecule has 0 fully saturated rings. The molecular weight excluding hydrogens is 357 g/mol. The summed E-state index contributed by atoms with van der Waals surface area (Å²) < 4.78 is 40.5. The second-order valence-corrected chi connectivity index (χ2v) is 6.34. The van der Waals surface area contributed by atoms with E-state index in [-0.39, 0.29) is 17.9 Å². The highest BCUT2D eigenvalue weighted by Gasteiger charge is 2.22. The standard InChI is InChI=1S/C9H9BrFN5O3S/c10-6-1-5(4-17)9(11)7(2-6)20(18,19)12-3-8-13-15-16-14-8/h1-2,12,17H,3-4H2,(H,13,14,15,16). The van der Waals surface area contributed by atoms with Crippen molar-refractivity contribution in [1.82, 2.24) is 25.3 Å². The van der Waals surface area contributed by atoms with E-state index in [0.717, 1.165) is 6.07 Å². The molecule has 1 aromatic heterocycles. The van der Waals surface area contributed by atoms with Crippen molar-refractivity contribution < 1.29 is 17.9 Å². The van der Waals surface area contributed by atoms with Crippen molar-refractivity contribution in [3.63, 3.8) is 0 Å². The van der Waals surface area contributed by atoms with Gasteiger partial charge in [-0.15, -0.1) is 10.2 Å². The highest BCUT2D eigenvalue weighted by molar-refractivity contribution is 9.10. The summed E-state index contributed by atoms with van der Waals surface area (Å²) in [5.74, 6) is -0.886. The third-order valence-corrected chi connectivity index (χ3v) is 4.21. The smallest absolute Gasteiger partial charge is 0.243 e. The van der Waals surface area contributed by atoms with E-state index in [1.54, 1.807) is 0 Å². The van der Waals surface area contributed by atoms with E-state index in [2.05, 4.69) is 41.3 Å². The second kappa shape index (κ2) is 5.91. The molecule has 0 saturated heterocycles. The number of tetrazole rings is 1. The minimum atomic E-state index is -4.11. The van der Waals surface area contributed by atoms with Crippen LogP contribution in [-0.4, -0.2) is 34.1 Å². The van der Waals surface area contributed by atoms with Crippen LogP contribution in [0.1, 0.15) is 11.4 Å². The Morgan fingerprint density at radius 3 is 2.80 bits per heavy atom. The Bertz CT molecular complexity index is 707. The molecule has 1 aromatic carbocycles. The van der Waals surface area contributed by atoms with Crippen molar-refractivity contribution in [2.24, 2.45) is 0 Å². The Hall–Kier alpha value is -1.43. The number of nitrogens with one attached hydrogen (secondary N) is 2. The Kier molecular flexibility index (Phi) is 4.42. The lowest BCUT2D eigenvalue weighted by atomic mass is 10.2. The predicted octanol–water partition coefficient (Wildman–Crippen LogP) is 0.0721. The van der Waals surface area contributed by atoms with Crippen molar-refractivity contribution in [3.05, 3.63) is 33.8 Å². The summed E-state index contributed by atoms with van der Waals surface area (Å²) in [7, 11) is -4.11. The monoisotopic (exact) mass is 365 g/mol. The maximum absolute atomic E-state index is 14.0.